The van der Waals surface area contributed by atoms with Crippen LogP contribution in [0.4, 0.5) is 5.69 Å². The summed E-state index contributed by atoms with van der Waals surface area (Å²) in [6, 6.07) is 18.3. The monoisotopic (exact) mass is 395 g/mol. The molecule has 4 aromatic rings. The third kappa shape index (κ3) is 3.37. The summed E-state index contributed by atoms with van der Waals surface area (Å²) in [5.74, 6) is 0.674. The molecule has 0 radical (unpaired) electrons. The third-order valence-electron chi connectivity index (χ3n) is 4.69. The molecule has 0 amide bonds. The summed E-state index contributed by atoms with van der Waals surface area (Å²) >= 11 is 0. The molecule has 5 nitrogen and oxygen atoms in total. The standard InChI is InChI=1S/C22H21NO4S/c1-3-6-20-22(23-27-28(24,25)17-12-9-15(2)10-13-17)21-18-8-5-4-7-16(18)11-14-19(21)26-20/h4-5,7-14,23H,3,6H2,1-2H3. The number of benzene rings is 3. The van der Waals surface area contributed by atoms with Crippen molar-refractivity contribution in [1.29, 1.82) is 0 Å². The molecule has 0 saturated carbocycles. The Hall–Kier alpha value is -2.83. The van der Waals surface area contributed by atoms with Crippen molar-refractivity contribution in [2.24, 2.45) is 0 Å². The van der Waals surface area contributed by atoms with Crippen LogP contribution in [0, 0.1) is 6.92 Å². The van der Waals surface area contributed by atoms with Crippen LogP contribution in [-0.4, -0.2) is 8.42 Å². The quantitative estimate of drug-likeness (QED) is 0.432. The average Bonchev–Trinajstić information content (AvgIpc) is 3.05. The van der Waals surface area contributed by atoms with Crippen LogP contribution in [-0.2, 0) is 20.8 Å². The van der Waals surface area contributed by atoms with E-state index in [0.717, 1.165) is 28.1 Å². The van der Waals surface area contributed by atoms with Crippen LogP contribution in [0.3, 0.4) is 0 Å². The molecule has 4 rings (SSSR count). The molecule has 0 aliphatic carbocycles. The van der Waals surface area contributed by atoms with Gasteiger partial charge in [0.2, 0.25) is 0 Å². The molecular weight excluding hydrogens is 374 g/mol. The molecule has 6 heteroatoms. The van der Waals surface area contributed by atoms with Gasteiger partial charge in [-0.05, 0) is 42.3 Å². The number of hydrogen-bond donors (Lipinski definition) is 1. The van der Waals surface area contributed by atoms with Crippen LogP contribution in [0.5, 0.6) is 0 Å². The molecule has 1 aromatic heterocycles. The van der Waals surface area contributed by atoms with Gasteiger partial charge in [-0.15, -0.1) is 4.28 Å². The highest BCUT2D eigenvalue weighted by atomic mass is 32.2. The molecule has 1 heterocycles. The van der Waals surface area contributed by atoms with Gasteiger partial charge in [-0.3, -0.25) is 0 Å². The zero-order valence-corrected chi connectivity index (χ0v) is 16.5. The lowest BCUT2D eigenvalue weighted by atomic mass is 10.1. The number of nitrogens with one attached hydrogen (secondary N) is 1. The van der Waals surface area contributed by atoms with Crippen molar-refractivity contribution in [3.05, 3.63) is 72.0 Å². The van der Waals surface area contributed by atoms with Crippen molar-refractivity contribution in [2.75, 3.05) is 5.48 Å². The summed E-state index contributed by atoms with van der Waals surface area (Å²) in [4.78, 5) is 0.0975. The first kappa shape index (κ1) is 18.5. The molecule has 3 aromatic carbocycles. The molecule has 0 bridgehead atoms. The normalized spacial score (nSPS) is 11.9. The van der Waals surface area contributed by atoms with Crippen LogP contribution in [0.1, 0.15) is 24.7 Å². The number of aryl methyl sites for hydroxylation is 2. The predicted molar refractivity (Wildman–Crippen MR) is 111 cm³/mol. The second-order valence-corrected chi connectivity index (χ2v) is 8.31. The Kier molecular flexibility index (Phi) is 4.83. The van der Waals surface area contributed by atoms with Gasteiger partial charge in [0.05, 0.1) is 10.3 Å². The summed E-state index contributed by atoms with van der Waals surface area (Å²) in [6.45, 7) is 3.94. The Morgan fingerprint density at radius 3 is 2.50 bits per heavy atom. The summed E-state index contributed by atoms with van der Waals surface area (Å²) in [5, 5.41) is 2.84. The van der Waals surface area contributed by atoms with E-state index in [1.807, 2.05) is 50.2 Å². The van der Waals surface area contributed by atoms with Crippen LogP contribution in [0.2, 0.25) is 0 Å². The Labute approximate surface area is 164 Å². The molecule has 0 atom stereocenters. The van der Waals surface area contributed by atoms with Gasteiger partial charge in [0.25, 0.3) is 0 Å². The SMILES string of the molecule is CCCc1oc2ccc3ccccc3c2c1NOS(=O)(=O)c1ccc(C)cc1. The van der Waals surface area contributed by atoms with E-state index in [9.17, 15) is 8.42 Å². The highest BCUT2D eigenvalue weighted by molar-refractivity contribution is 7.86. The zero-order valence-electron chi connectivity index (χ0n) is 15.7. The molecule has 0 saturated heterocycles. The lowest BCUT2D eigenvalue weighted by molar-refractivity contribution is 0.389. The fraction of sp³-hybridized carbons (Fsp3) is 0.182. The number of anilines is 1. The van der Waals surface area contributed by atoms with Gasteiger partial charge in [0.15, 0.2) is 0 Å². The maximum absolute atomic E-state index is 12.6. The average molecular weight is 395 g/mol. The second kappa shape index (κ2) is 7.30. The van der Waals surface area contributed by atoms with Gasteiger partial charge in [0.1, 0.15) is 17.0 Å². The minimum absolute atomic E-state index is 0.0975. The number of furan rings is 1. The Morgan fingerprint density at radius 2 is 1.75 bits per heavy atom. The Bertz CT molecular complexity index is 1240. The van der Waals surface area contributed by atoms with E-state index in [0.29, 0.717) is 23.5 Å². The van der Waals surface area contributed by atoms with Gasteiger partial charge < -0.3 is 4.42 Å². The third-order valence-corrected chi connectivity index (χ3v) is 5.85. The molecule has 0 fully saturated rings. The second-order valence-electron chi connectivity index (χ2n) is 6.76. The number of hydrogen-bond acceptors (Lipinski definition) is 5. The topological polar surface area (TPSA) is 68.5 Å². The Balaban J connectivity index is 1.77. The van der Waals surface area contributed by atoms with Crippen LogP contribution >= 0.6 is 0 Å². The van der Waals surface area contributed by atoms with E-state index >= 15 is 0 Å². The van der Waals surface area contributed by atoms with E-state index in [2.05, 4.69) is 5.48 Å². The summed E-state index contributed by atoms with van der Waals surface area (Å²) in [5.41, 5.74) is 4.92. The van der Waals surface area contributed by atoms with Gasteiger partial charge in [0, 0.05) is 6.42 Å². The first-order chi connectivity index (χ1) is 13.5. The maximum atomic E-state index is 12.6. The van der Waals surface area contributed by atoms with Gasteiger partial charge in [-0.25, -0.2) is 5.48 Å². The van der Waals surface area contributed by atoms with Crippen molar-refractivity contribution in [1.82, 2.24) is 0 Å². The van der Waals surface area contributed by atoms with E-state index < -0.39 is 10.1 Å². The maximum Gasteiger partial charge on any atom is 0.317 e. The van der Waals surface area contributed by atoms with Crippen LogP contribution in [0.15, 0.2) is 70.0 Å². The minimum Gasteiger partial charge on any atom is -0.459 e. The van der Waals surface area contributed by atoms with Crippen LogP contribution < -0.4 is 5.48 Å². The lowest BCUT2D eigenvalue weighted by Gasteiger charge is -2.09. The minimum atomic E-state index is -3.96. The summed E-state index contributed by atoms with van der Waals surface area (Å²) in [7, 11) is -3.96. The van der Waals surface area contributed by atoms with Crippen molar-refractivity contribution in [3.63, 3.8) is 0 Å². The van der Waals surface area contributed by atoms with E-state index in [1.54, 1.807) is 12.1 Å². The van der Waals surface area contributed by atoms with Crippen molar-refractivity contribution in [2.45, 2.75) is 31.6 Å². The summed E-state index contributed by atoms with van der Waals surface area (Å²) < 4.78 is 36.4. The van der Waals surface area contributed by atoms with E-state index in [1.165, 1.54) is 12.1 Å². The van der Waals surface area contributed by atoms with Gasteiger partial charge >= 0.3 is 10.1 Å². The lowest BCUT2D eigenvalue weighted by Crippen LogP contribution is -2.12. The molecule has 0 unspecified atom stereocenters. The molecule has 28 heavy (non-hydrogen) atoms. The number of fused-ring (bicyclic) bond motifs is 3. The van der Waals surface area contributed by atoms with Crippen molar-refractivity contribution >= 4 is 37.5 Å². The molecular formula is C22H21NO4S. The molecule has 0 aliphatic rings. The molecule has 0 spiro atoms. The smallest absolute Gasteiger partial charge is 0.317 e. The first-order valence-corrected chi connectivity index (χ1v) is 10.6. The molecule has 1 N–H and O–H groups in total. The summed E-state index contributed by atoms with van der Waals surface area (Å²) in [6.07, 6.45) is 1.52. The van der Waals surface area contributed by atoms with Gasteiger partial charge in [-0.2, -0.15) is 8.42 Å². The van der Waals surface area contributed by atoms with E-state index in [-0.39, 0.29) is 4.90 Å². The highest BCUT2D eigenvalue weighted by Gasteiger charge is 2.21. The van der Waals surface area contributed by atoms with Crippen molar-refractivity contribution in [3.8, 4) is 0 Å². The highest BCUT2D eigenvalue weighted by Crippen LogP contribution is 2.37. The first-order valence-electron chi connectivity index (χ1n) is 9.19. The molecule has 144 valence electrons. The van der Waals surface area contributed by atoms with Crippen molar-refractivity contribution < 1.29 is 17.1 Å². The largest absolute Gasteiger partial charge is 0.459 e. The van der Waals surface area contributed by atoms with E-state index in [4.69, 9.17) is 8.70 Å². The zero-order chi connectivity index (χ0) is 19.7. The number of rotatable bonds is 6. The fourth-order valence-corrected chi connectivity index (χ4v) is 4.04. The molecule has 0 aliphatic heterocycles. The van der Waals surface area contributed by atoms with Crippen LogP contribution in [0.25, 0.3) is 21.7 Å². The Morgan fingerprint density at radius 1 is 1.00 bits per heavy atom. The fourth-order valence-electron chi connectivity index (χ4n) is 3.28. The van der Waals surface area contributed by atoms with Gasteiger partial charge in [-0.1, -0.05) is 55.0 Å². The predicted octanol–water partition coefficient (Wildman–Crippen LogP) is 5.58.